The zero-order chi connectivity index (χ0) is 12.3. The first-order valence-electron chi connectivity index (χ1n) is 5.84. The molecule has 0 aromatic carbocycles. The van der Waals surface area contributed by atoms with E-state index in [-0.39, 0.29) is 0 Å². The van der Waals surface area contributed by atoms with E-state index < -0.39 is 0 Å². The Balaban J connectivity index is 2.06. The normalized spacial score (nSPS) is 21.2. The van der Waals surface area contributed by atoms with Gasteiger partial charge in [-0.05, 0) is 26.4 Å². The molecule has 5 nitrogen and oxygen atoms in total. The van der Waals surface area contributed by atoms with Crippen molar-refractivity contribution in [2.45, 2.75) is 18.9 Å². The summed E-state index contributed by atoms with van der Waals surface area (Å²) in [7, 11) is 3.93. The minimum Gasteiger partial charge on any atom is -0.365 e. The molecule has 17 heavy (non-hydrogen) atoms. The molecule has 0 spiro atoms. The van der Waals surface area contributed by atoms with Gasteiger partial charge in [0.05, 0.1) is 6.20 Å². The van der Waals surface area contributed by atoms with E-state index in [0.717, 1.165) is 19.5 Å². The average Bonchev–Trinajstić information content (AvgIpc) is 2.32. The molecule has 2 N–H and O–H groups in total. The number of halogens is 1. The lowest BCUT2D eigenvalue weighted by atomic mass is 10.1. The molecule has 0 aliphatic carbocycles. The highest BCUT2D eigenvalue weighted by atomic mass is 35.5. The first-order chi connectivity index (χ1) is 8.19. The van der Waals surface area contributed by atoms with E-state index in [1.165, 1.54) is 6.42 Å². The van der Waals surface area contributed by atoms with E-state index in [9.17, 15) is 0 Å². The molecule has 1 aliphatic rings. The van der Waals surface area contributed by atoms with E-state index in [0.29, 0.717) is 22.8 Å². The summed E-state index contributed by atoms with van der Waals surface area (Å²) in [6.07, 6.45) is 3.98. The zero-order valence-corrected chi connectivity index (χ0v) is 11.0. The third-order valence-electron chi connectivity index (χ3n) is 2.93. The van der Waals surface area contributed by atoms with Crippen LogP contribution in [0, 0.1) is 0 Å². The fourth-order valence-electron chi connectivity index (χ4n) is 2.07. The molecule has 1 unspecified atom stereocenters. The van der Waals surface area contributed by atoms with Gasteiger partial charge in [0.1, 0.15) is 5.02 Å². The summed E-state index contributed by atoms with van der Waals surface area (Å²) in [6, 6.07) is 0.408. The van der Waals surface area contributed by atoms with Crippen LogP contribution in [0.1, 0.15) is 12.8 Å². The molecule has 2 heterocycles. The van der Waals surface area contributed by atoms with E-state index in [1.54, 1.807) is 13.2 Å². The van der Waals surface area contributed by atoms with Crippen molar-refractivity contribution in [3.63, 3.8) is 0 Å². The van der Waals surface area contributed by atoms with Gasteiger partial charge in [-0.15, -0.1) is 0 Å². The van der Waals surface area contributed by atoms with E-state index in [2.05, 4.69) is 32.5 Å². The van der Waals surface area contributed by atoms with Crippen LogP contribution in [0.3, 0.4) is 0 Å². The highest BCUT2D eigenvalue weighted by molar-refractivity contribution is 6.32. The Hall–Kier alpha value is -1.07. The zero-order valence-electron chi connectivity index (χ0n) is 10.2. The van der Waals surface area contributed by atoms with Gasteiger partial charge in [0.2, 0.25) is 5.95 Å². The summed E-state index contributed by atoms with van der Waals surface area (Å²) in [5.74, 6) is 1.30. The molecule has 6 heteroatoms. The van der Waals surface area contributed by atoms with Crippen LogP contribution in [0.2, 0.25) is 5.02 Å². The topological polar surface area (TPSA) is 53.1 Å². The number of rotatable bonds is 3. The lowest BCUT2D eigenvalue weighted by Crippen LogP contribution is -2.40. The summed E-state index contributed by atoms with van der Waals surface area (Å²) >= 11 is 6.08. The molecule has 94 valence electrons. The van der Waals surface area contributed by atoms with Crippen molar-refractivity contribution in [1.29, 1.82) is 0 Å². The maximum Gasteiger partial charge on any atom is 0.224 e. The highest BCUT2D eigenvalue weighted by Gasteiger charge is 2.18. The first-order valence-corrected chi connectivity index (χ1v) is 6.22. The summed E-state index contributed by atoms with van der Waals surface area (Å²) in [4.78, 5) is 10.7. The van der Waals surface area contributed by atoms with Gasteiger partial charge < -0.3 is 15.5 Å². The first kappa shape index (κ1) is 12.4. The number of likely N-dealkylation sites (N-methyl/N-ethyl adjacent to an activating group) is 1. The van der Waals surface area contributed by atoms with Gasteiger partial charge in [-0.2, -0.15) is 4.98 Å². The van der Waals surface area contributed by atoms with Crippen molar-refractivity contribution < 1.29 is 0 Å². The quantitative estimate of drug-likeness (QED) is 0.861. The number of piperidine rings is 1. The van der Waals surface area contributed by atoms with Gasteiger partial charge in [-0.3, -0.25) is 0 Å². The Morgan fingerprint density at radius 2 is 2.35 bits per heavy atom. The van der Waals surface area contributed by atoms with Crippen molar-refractivity contribution in [1.82, 2.24) is 14.9 Å². The van der Waals surface area contributed by atoms with Gasteiger partial charge in [-0.1, -0.05) is 11.6 Å². The lowest BCUT2D eigenvalue weighted by molar-refractivity contribution is 0.261. The Labute approximate surface area is 107 Å². The fourth-order valence-corrected chi connectivity index (χ4v) is 2.21. The molecule has 1 aromatic rings. The van der Waals surface area contributed by atoms with E-state index in [4.69, 9.17) is 11.6 Å². The van der Waals surface area contributed by atoms with Crippen LogP contribution >= 0.6 is 11.6 Å². The highest BCUT2D eigenvalue weighted by Crippen LogP contribution is 2.22. The Kier molecular flexibility index (Phi) is 4.02. The maximum absolute atomic E-state index is 6.08. The molecule has 0 bridgehead atoms. The molecule has 1 aliphatic heterocycles. The summed E-state index contributed by atoms with van der Waals surface area (Å²) in [6.45, 7) is 2.19. The van der Waals surface area contributed by atoms with Crippen molar-refractivity contribution in [3.8, 4) is 0 Å². The predicted octanol–water partition coefficient (Wildman–Crippen LogP) is 1.68. The second-order valence-corrected chi connectivity index (χ2v) is 4.79. The summed E-state index contributed by atoms with van der Waals surface area (Å²) in [5.41, 5.74) is 0. The summed E-state index contributed by atoms with van der Waals surface area (Å²) < 4.78 is 0. The third kappa shape index (κ3) is 3.20. The van der Waals surface area contributed by atoms with Gasteiger partial charge >= 0.3 is 0 Å². The minimum absolute atomic E-state index is 0.408. The second kappa shape index (κ2) is 5.51. The lowest BCUT2D eigenvalue weighted by Gasteiger charge is -2.30. The molecule has 0 saturated carbocycles. The molecule has 2 rings (SSSR count). The molecule has 1 saturated heterocycles. The van der Waals surface area contributed by atoms with Gasteiger partial charge in [0.15, 0.2) is 5.82 Å². The Morgan fingerprint density at radius 1 is 1.53 bits per heavy atom. The van der Waals surface area contributed by atoms with Crippen molar-refractivity contribution in [3.05, 3.63) is 11.2 Å². The van der Waals surface area contributed by atoms with Crippen molar-refractivity contribution in [2.24, 2.45) is 0 Å². The van der Waals surface area contributed by atoms with E-state index >= 15 is 0 Å². The Bertz CT molecular complexity index is 384. The fraction of sp³-hybridized carbons (Fsp3) is 0.636. The number of likely N-dealkylation sites (tertiary alicyclic amines) is 1. The van der Waals surface area contributed by atoms with Gasteiger partial charge in [-0.25, -0.2) is 4.98 Å². The van der Waals surface area contributed by atoms with Crippen LogP contribution in [0.5, 0.6) is 0 Å². The van der Waals surface area contributed by atoms with Crippen LogP contribution in [0.4, 0.5) is 11.8 Å². The standard InChI is InChI=1S/C11H18ClN5/c1-13-11-14-6-9(12)10(16-11)15-8-4-3-5-17(2)7-8/h6,8H,3-5,7H2,1-2H3,(H2,13,14,15,16). The van der Waals surface area contributed by atoms with Gasteiger partial charge in [0, 0.05) is 19.6 Å². The molecule has 0 amide bonds. The van der Waals surface area contributed by atoms with Gasteiger partial charge in [0.25, 0.3) is 0 Å². The van der Waals surface area contributed by atoms with E-state index in [1.807, 2.05) is 0 Å². The molecular weight excluding hydrogens is 238 g/mol. The number of hydrogen-bond acceptors (Lipinski definition) is 5. The van der Waals surface area contributed by atoms with Crippen LogP contribution in [-0.4, -0.2) is 48.1 Å². The van der Waals surface area contributed by atoms with Crippen LogP contribution in [0.25, 0.3) is 0 Å². The monoisotopic (exact) mass is 255 g/mol. The largest absolute Gasteiger partial charge is 0.365 e. The van der Waals surface area contributed by atoms with Crippen LogP contribution < -0.4 is 10.6 Å². The second-order valence-electron chi connectivity index (χ2n) is 4.39. The maximum atomic E-state index is 6.08. The minimum atomic E-state index is 0.408. The molecule has 1 aromatic heterocycles. The van der Waals surface area contributed by atoms with Crippen LogP contribution in [0.15, 0.2) is 6.20 Å². The number of aromatic nitrogens is 2. The molecule has 1 atom stereocenters. The predicted molar refractivity (Wildman–Crippen MR) is 70.7 cm³/mol. The molecular formula is C11H18ClN5. The van der Waals surface area contributed by atoms with Crippen molar-refractivity contribution in [2.75, 3.05) is 37.8 Å². The summed E-state index contributed by atoms with van der Waals surface area (Å²) in [5, 5.41) is 6.87. The molecule has 1 fully saturated rings. The number of nitrogens with one attached hydrogen (secondary N) is 2. The molecule has 0 radical (unpaired) electrons. The third-order valence-corrected chi connectivity index (χ3v) is 3.21. The van der Waals surface area contributed by atoms with Crippen LogP contribution in [-0.2, 0) is 0 Å². The SMILES string of the molecule is CNc1ncc(Cl)c(NC2CCCN(C)C2)n1. The Morgan fingerprint density at radius 3 is 3.06 bits per heavy atom. The number of hydrogen-bond donors (Lipinski definition) is 2. The average molecular weight is 256 g/mol. The number of anilines is 2. The smallest absolute Gasteiger partial charge is 0.224 e. The van der Waals surface area contributed by atoms with Crippen molar-refractivity contribution >= 4 is 23.4 Å². The number of nitrogens with zero attached hydrogens (tertiary/aromatic N) is 3.